The van der Waals surface area contributed by atoms with E-state index in [1.165, 1.54) is 23.5 Å². The highest BCUT2D eigenvalue weighted by atomic mass is 32.1. The minimum absolute atomic E-state index is 0.264. The Morgan fingerprint density at radius 3 is 2.74 bits per heavy atom. The summed E-state index contributed by atoms with van der Waals surface area (Å²) in [4.78, 5) is 14.3. The molecule has 1 amide bonds. The van der Waals surface area contributed by atoms with Crippen LogP contribution in [0.5, 0.6) is 0 Å². The second kappa shape index (κ2) is 7.58. The molecule has 1 saturated heterocycles. The molecule has 8 heteroatoms. The van der Waals surface area contributed by atoms with Gasteiger partial charge in [-0.05, 0) is 17.7 Å². The lowest BCUT2D eigenvalue weighted by molar-refractivity contribution is 0.0341. The van der Waals surface area contributed by atoms with Gasteiger partial charge in [0.25, 0.3) is 5.91 Å². The summed E-state index contributed by atoms with van der Waals surface area (Å²) in [5, 5.41) is 11.9. The van der Waals surface area contributed by atoms with Gasteiger partial charge in [0, 0.05) is 19.6 Å². The molecule has 0 aliphatic carbocycles. The van der Waals surface area contributed by atoms with Crippen LogP contribution in [0.15, 0.2) is 24.3 Å². The van der Waals surface area contributed by atoms with Gasteiger partial charge in [-0.25, -0.2) is 4.39 Å². The number of carbonyl (C=O) groups is 1. The monoisotopic (exact) mass is 336 g/mol. The number of halogens is 1. The van der Waals surface area contributed by atoms with Crippen molar-refractivity contribution in [1.82, 2.24) is 20.4 Å². The summed E-state index contributed by atoms with van der Waals surface area (Å²) in [5.74, 6) is -0.558. The van der Waals surface area contributed by atoms with Gasteiger partial charge in [0.1, 0.15) is 10.8 Å². The molecule has 1 aliphatic heterocycles. The van der Waals surface area contributed by atoms with Crippen LogP contribution >= 0.6 is 11.3 Å². The quantitative estimate of drug-likeness (QED) is 0.895. The van der Waals surface area contributed by atoms with Crippen LogP contribution in [-0.2, 0) is 17.8 Å². The molecular formula is C15H17FN4O2S. The molecule has 6 nitrogen and oxygen atoms in total. The topological polar surface area (TPSA) is 67.4 Å². The summed E-state index contributed by atoms with van der Waals surface area (Å²) >= 11 is 1.30. The summed E-state index contributed by atoms with van der Waals surface area (Å²) < 4.78 is 18.1. The van der Waals surface area contributed by atoms with E-state index in [9.17, 15) is 9.18 Å². The molecule has 3 rings (SSSR count). The number of nitrogens with zero attached hydrogens (tertiary/aromatic N) is 3. The van der Waals surface area contributed by atoms with Crippen molar-refractivity contribution >= 4 is 17.2 Å². The Hall–Kier alpha value is -1.90. The van der Waals surface area contributed by atoms with E-state index in [0.29, 0.717) is 18.1 Å². The van der Waals surface area contributed by atoms with Crippen LogP contribution in [0.1, 0.15) is 20.4 Å². The van der Waals surface area contributed by atoms with Gasteiger partial charge in [0.15, 0.2) is 0 Å². The van der Waals surface area contributed by atoms with Crippen LogP contribution in [0.2, 0.25) is 0 Å². The van der Waals surface area contributed by atoms with Crippen LogP contribution in [0.3, 0.4) is 0 Å². The summed E-state index contributed by atoms with van der Waals surface area (Å²) in [6.45, 7) is 4.20. The first-order valence-electron chi connectivity index (χ1n) is 7.36. The Morgan fingerprint density at radius 2 is 2.00 bits per heavy atom. The van der Waals surface area contributed by atoms with Crippen molar-refractivity contribution in [3.05, 3.63) is 45.7 Å². The van der Waals surface area contributed by atoms with E-state index in [2.05, 4.69) is 20.4 Å². The molecule has 0 saturated carbocycles. The molecule has 2 aromatic rings. The second-order valence-corrected chi connectivity index (χ2v) is 6.26. The first kappa shape index (κ1) is 16.0. The maximum absolute atomic E-state index is 12.8. The number of morpholine rings is 1. The van der Waals surface area contributed by atoms with Crippen molar-refractivity contribution in [3.8, 4) is 0 Å². The van der Waals surface area contributed by atoms with Crippen molar-refractivity contribution in [2.75, 3.05) is 26.3 Å². The van der Waals surface area contributed by atoms with Gasteiger partial charge in [0.2, 0.25) is 5.01 Å². The first-order valence-corrected chi connectivity index (χ1v) is 8.17. The SMILES string of the molecule is O=C(NCc1ccc(F)cc1)c1nnc(CN2CCOCC2)s1. The highest BCUT2D eigenvalue weighted by Crippen LogP contribution is 2.13. The van der Waals surface area contributed by atoms with Crippen LogP contribution in [0.4, 0.5) is 4.39 Å². The molecule has 0 atom stereocenters. The van der Waals surface area contributed by atoms with Gasteiger partial charge in [0.05, 0.1) is 19.8 Å². The van der Waals surface area contributed by atoms with Gasteiger partial charge in [-0.15, -0.1) is 10.2 Å². The van der Waals surface area contributed by atoms with Crippen molar-refractivity contribution in [2.45, 2.75) is 13.1 Å². The van der Waals surface area contributed by atoms with Crippen LogP contribution in [0.25, 0.3) is 0 Å². The highest BCUT2D eigenvalue weighted by Gasteiger charge is 2.16. The van der Waals surface area contributed by atoms with Crippen LogP contribution in [0, 0.1) is 5.82 Å². The van der Waals surface area contributed by atoms with Crippen molar-refractivity contribution in [3.63, 3.8) is 0 Å². The predicted molar refractivity (Wildman–Crippen MR) is 83.6 cm³/mol. The molecule has 0 spiro atoms. The third-order valence-corrected chi connectivity index (χ3v) is 4.40. The summed E-state index contributed by atoms with van der Waals surface area (Å²) in [7, 11) is 0. The normalized spacial score (nSPS) is 15.5. The Balaban J connectivity index is 1.52. The van der Waals surface area contributed by atoms with Crippen LogP contribution < -0.4 is 5.32 Å². The fraction of sp³-hybridized carbons (Fsp3) is 0.400. The molecular weight excluding hydrogens is 319 g/mol. The molecule has 1 N–H and O–H groups in total. The van der Waals surface area contributed by atoms with E-state index in [-0.39, 0.29) is 11.7 Å². The third kappa shape index (κ3) is 4.54. The zero-order valence-electron chi connectivity index (χ0n) is 12.5. The number of carbonyl (C=O) groups excluding carboxylic acids is 1. The fourth-order valence-electron chi connectivity index (χ4n) is 2.22. The molecule has 0 radical (unpaired) electrons. The van der Waals surface area contributed by atoms with Crippen LogP contribution in [-0.4, -0.2) is 47.3 Å². The first-order chi connectivity index (χ1) is 11.2. The number of amides is 1. The molecule has 2 heterocycles. The second-order valence-electron chi connectivity index (χ2n) is 5.20. The molecule has 0 unspecified atom stereocenters. The molecule has 1 aromatic carbocycles. The fourth-order valence-corrected chi connectivity index (χ4v) is 3.02. The number of benzene rings is 1. The highest BCUT2D eigenvalue weighted by molar-refractivity contribution is 7.13. The number of nitrogens with one attached hydrogen (secondary N) is 1. The minimum Gasteiger partial charge on any atom is -0.379 e. The van der Waals surface area contributed by atoms with Crippen molar-refractivity contribution in [2.24, 2.45) is 0 Å². The zero-order valence-corrected chi connectivity index (χ0v) is 13.3. The lowest BCUT2D eigenvalue weighted by atomic mass is 10.2. The third-order valence-electron chi connectivity index (χ3n) is 3.49. The van der Waals surface area contributed by atoms with E-state index >= 15 is 0 Å². The van der Waals surface area contributed by atoms with Gasteiger partial charge in [-0.1, -0.05) is 23.5 Å². The molecule has 1 fully saturated rings. The number of ether oxygens (including phenoxy) is 1. The Kier molecular flexibility index (Phi) is 5.27. The van der Waals surface area contributed by atoms with E-state index < -0.39 is 0 Å². The summed E-state index contributed by atoms with van der Waals surface area (Å²) in [6, 6.07) is 6.01. The Bertz CT molecular complexity index is 656. The van der Waals surface area contributed by atoms with E-state index in [1.54, 1.807) is 12.1 Å². The maximum atomic E-state index is 12.8. The Labute approximate surface area is 137 Å². The molecule has 1 aromatic heterocycles. The van der Waals surface area contributed by atoms with Crippen molar-refractivity contribution < 1.29 is 13.9 Å². The van der Waals surface area contributed by atoms with Crippen molar-refractivity contribution in [1.29, 1.82) is 0 Å². The maximum Gasteiger partial charge on any atom is 0.282 e. The van der Waals surface area contributed by atoms with E-state index in [4.69, 9.17) is 4.74 Å². The van der Waals surface area contributed by atoms with E-state index in [1.807, 2.05) is 0 Å². The number of rotatable bonds is 5. The minimum atomic E-state index is -0.294. The average molecular weight is 336 g/mol. The largest absolute Gasteiger partial charge is 0.379 e. The smallest absolute Gasteiger partial charge is 0.282 e. The number of aromatic nitrogens is 2. The number of hydrogen-bond donors (Lipinski definition) is 1. The van der Waals surface area contributed by atoms with E-state index in [0.717, 1.165) is 36.9 Å². The molecule has 122 valence electrons. The zero-order chi connectivity index (χ0) is 16.1. The van der Waals surface area contributed by atoms with Gasteiger partial charge >= 0.3 is 0 Å². The summed E-state index contributed by atoms with van der Waals surface area (Å²) in [5.41, 5.74) is 0.831. The molecule has 0 bridgehead atoms. The van der Waals surface area contributed by atoms with Gasteiger partial charge in [-0.3, -0.25) is 9.69 Å². The predicted octanol–water partition coefficient (Wildman–Crippen LogP) is 1.44. The summed E-state index contributed by atoms with van der Waals surface area (Å²) in [6.07, 6.45) is 0. The Morgan fingerprint density at radius 1 is 1.26 bits per heavy atom. The van der Waals surface area contributed by atoms with Gasteiger partial charge in [-0.2, -0.15) is 0 Å². The standard InChI is InChI=1S/C15H17FN4O2S/c16-12-3-1-11(2-4-12)9-17-14(21)15-19-18-13(23-15)10-20-5-7-22-8-6-20/h1-4H,5-10H2,(H,17,21). The number of hydrogen-bond acceptors (Lipinski definition) is 6. The lowest BCUT2D eigenvalue weighted by Crippen LogP contribution is -2.35. The average Bonchev–Trinajstić information content (AvgIpc) is 3.03. The van der Waals surface area contributed by atoms with Gasteiger partial charge < -0.3 is 10.1 Å². The molecule has 23 heavy (non-hydrogen) atoms. The lowest BCUT2D eigenvalue weighted by Gasteiger charge is -2.25. The molecule has 1 aliphatic rings.